The summed E-state index contributed by atoms with van der Waals surface area (Å²) in [6, 6.07) is 25.8. The van der Waals surface area contributed by atoms with Crippen molar-refractivity contribution in [2.24, 2.45) is 0 Å². The van der Waals surface area contributed by atoms with E-state index in [4.69, 9.17) is 4.98 Å². The molecule has 0 saturated carbocycles. The maximum atomic E-state index is 13.1. The quantitative estimate of drug-likeness (QED) is 0.316. The summed E-state index contributed by atoms with van der Waals surface area (Å²) in [7, 11) is 0. The molecule has 0 bridgehead atoms. The van der Waals surface area contributed by atoms with E-state index in [-0.39, 0.29) is 17.4 Å². The third-order valence-electron chi connectivity index (χ3n) is 5.19. The summed E-state index contributed by atoms with van der Waals surface area (Å²) in [4.78, 5) is 18.2. The Morgan fingerprint density at radius 2 is 1.58 bits per heavy atom. The van der Waals surface area contributed by atoms with E-state index < -0.39 is 0 Å². The van der Waals surface area contributed by atoms with Gasteiger partial charge in [0.1, 0.15) is 10.8 Å². The number of hydrogen-bond acceptors (Lipinski definition) is 4. The molecule has 5 nitrogen and oxygen atoms in total. The van der Waals surface area contributed by atoms with Crippen molar-refractivity contribution in [1.29, 1.82) is 0 Å². The zero-order chi connectivity index (χ0) is 22.8. The summed E-state index contributed by atoms with van der Waals surface area (Å²) in [5.41, 5.74) is 5.68. The first-order chi connectivity index (χ1) is 16.1. The number of rotatable bonds is 5. The van der Waals surface area contributed by atoms with Crippen LogP contribution in [0.25, 0.3) is 32.3 Å². The minimum absolute atomic E-state index is 0.246. The molecule has 2 N–H and O–H groups in total. The van der Waals surface area contributed by atoms with Crippen molar-refractivity contribution in [3.8, 4) is 32.3 Å². The number of nitrogens with one attached hydrogen (secondary N) is 2. The lowest BCUT2D eigenvalue weighted by Crippen LogP contribution is -2.12. The van der Waals surface area contributed by atoms with Crippen LogP contribution in [0.15, 0.2) is 84.9 Å². The second kappa shape index (κ2) is 8.80. The molecule has 2 heterocycles. The molecular weight excluding hydrogens is 435 g/mol. The number of aromatic amines is 1. The van der Waals surface area contributed by atoms with Gasteiger partial charge in [-0.1, -0.05) is 54.6 Å². The van der Waals surface area contributed by atoms with Gasteiger partial charge in [-0.15, -0.1) is 11.3 Å². The standard InChI is InChI=1S/C26H19FN4OS/c1-16-24(22-15-23(31-30-22)25(32)29-21-13-11-20(27)12-14-21)33-26(28-16)19-9-7-18(8-10-19)17-5-3-2-4-6-17/h2-15H,1H3,(H,29,32)(H,30,31). The van der Waals surface area contributed by atoms with Crippen LogP contribution in [-0.4, -0.2) is 21.1 Å². The minimum Gasteiger partial charge on any atom is -0.321 e. The predicted octanol–water partition coefficient (Wildman–Crippen LogP) is 6.57. The first-order valence-corrected chi connectivity index (χ1v) is 11.1. The zero-order valence-corrected chi connectivity index (χ0v) is 18.5. The predicted molar refractivity (Wildman–Crippen MR) is 130 cm³/mol. The van der Waals surface area contributed by atoms with Gasteiger partial charge in [0.15, 0.2) is 5.69 Å². The maximum Gasteiger partial charge on any atom is 0.276 e. The fraction of sp³-hybridized carbons (Fsp3) is 0.0385. The Hall–Kier alpha value is -4.10. The van der Waals surface area contributed by atoms with Crippen LogP contribution in [0, 0.1) is 12.7 Å². The molecule has 0 fully saturated rings. The van der Waals surface area contributed by atoms with Crippen molar-refractivity contribution in [3.05, 3.63) is 102 Å². The molecular formula is C26H19FN4OS. The molecule has 0 atom stereocenters. The van der Waals surface area contributed by atoms with Crippen LogP contribution in [0.4, 0.5) is 10.1 Å². The highest BCUT2D eigenvalue weighted by Gasteiger charge is 2.17. The molecule has 0 spiro atoms. The SMILES string of the molecule is Cc1nc(-c2ccc(-c3ccccc3)cc2)sc1-c1cc(C(=O)Nc2ccc(F)cc2)n[nH]1. The lowest BCUT2D eigenvalue weighted by Gasteiger charge is -2.02. The van der Waals surface area contributed by atoms with E-state index in [1.54, 1.807) is 17.4 Å². The number of H-pyrrole nitrogens is 1. The molecule has 5 rings (SSSR count). The van der Waals surface area contributed by atoms with Gasteiger partial charge < -0.3 is 5.32 Å². The average Bonchev–Trinajstić information content (AvgIpc) is 3.48. The molecule has 0 radical (unpaired) electrons. The molecule has 0 unspecified atom stereocenters. The molecule has 1 amide bonds. The van der Waals surface area contributed by atoms with Crippen molar-refractivity contribution in [1.82, 2.24) is 15.2 Å². The van der Waals surface area contributed by atoms with Crippen molar-refractivity contribution in [3.63, 3.8) is 0 Å². The Morgan fingerprint density at radius 1 is 0.909 bits per heavy atom. The van der Waals surface area contributed by atoms with E-state index in [1.165, 1.54) is 29.8 Å². The number of carbonyl (C=O) groups is 1. The van der Waals surface area contributed by atoms with Crippen LogP contribution < -0.4 is 5.32 Å². The van der Waals surface area contributed by atoms with Gasteiger partial charge in [-0.05, 0) is 48.4 Å². The van der Waals surface area contributed by atoms with Crippen molar-refractivity contribution in [2.75, 3.05) is 5.32 Å². The summed E-state index contributed by atoms with van der Waals surface area (Å²) in [6.45, 7) is 1.94. The number of amides is 1. The average molecular weight is 455 g/mol. The summed E-state index contributed by atoms with van der Waals surface area (Å²) in [5, 5.41) is 10.7. The lowest BCUT2D eigenvalue weighted by molar-refractivity contribution is 0.102. The molecule has 7 heteroatoms. The van der Waals surface area contributed by atoms with Gasteiger partial charge >= 0.3 is 0 Å². The van der Waals surface area contributed by atoms with Crippen LogP contribution in [0.2, 0.25) is 0 Å². The van der Waals surface area contributed by atoms with Gasteiger partial charge in [-0.3, -0.25) is 9.89 Å². The van der Waals surface area contributed by atoms with E-state index in [0.29, 0.717) is 5.69 Å². The van der Waals surface area contributed by atoms with Crippen molar-refractivity contribution >= 4 is 22.9 Å². The lowest BCUT2D eigenvalue weighted by atomic mass is 10.0. The van der Waals surface area contributed by atoms with Crippen LogP contribution >= 0.6 is 11.3 Å². The molecule has 33 heavy (non-hydrogen) atoms. The number of aromatic nitrogens is 3. The topological polar surface area (TPSA) is 70.7 Å². The number of benzene rings is 3. The monoisotopic (exact) mass is 454 g/mol. The van der Waals surface area contributed by atoms with E-state index in [1.807, 2.05) is 25.1 Å². The fourth-order valence-corrected chi connectivity index (χ4v) is 4.53. The molecule has 0 saturated heterocycles. The smallest absolute Gasteiger partial charge is 0.276 e. The Balaban J connectivity index is 1.35. The van der Waals surface area contributed by atoms with Crippen LogP contribution in [0.3, 0.4) is 0 Å². The zero-order valence-electron chi connectivity index (χ0n) is 17.7. The van der Waals surface area contributed by atoms with Gasteiger partial charge in [0, 0.05) is 11.3 Å². The third-order valence-corrected chi connectivity index (χ3v) is 6.43. The summed E-state index contributed by atoms with van der Waals surface area (Å²) >= 11 is 1.54. The van der Waals surface area contributed by atoms with Crippen molar-refractivity contribution < 1.29 is 9.18 Å². The molecule has 3 aromatic carbocycles. The Kier molecular flexibility index (Phi) is 5.54. The van der Waals surface area contributed by atoms with Gasteiger partial charge in [0.25, 0.3) is 5.91 Å². The molecule has 162 valence electrons. The van der Waals surface area contributed by atoms with E-state index in [2.05, 4.69) is 51.9 Å². The second-order valence-corrected chi connectivity index (χ2v) is 8.50. The number of thiazole rings is 1. The third kappa shape index (κ3) is 4.44. The number of anilines is 1. The molecule has 2 aromatic heterocycles. The summed E-state index contributed by atoms with van der Waals surface area (Å²) < 4.78 is 13.1. The Bertz CT molecular complexity index is 1410. The maximum absolute atomic E-state index is 13.1. The summed E-state index contributed by atoms with van der Waals surface area (Å²) in [5.74, 6) is -0.732. The Labute approximate surface area is 194 Å². The first-order valence-electron chi connectivity index (χ1n) is 10.3. The number of aryl methyl sites for hydroxylation is 1. The first kappa shape index (κ1) is 20.8. The second-order valence-electron chi connectivity index (χ2n) is 7.50. The highest BCUT2D eigenvalue weighted by Crippen LogP contribution is 2.35. The summed E-state index contributed by atoms with van der Waals surface area (Å²) in [6.07, 6.45) is 0. The highest BCUT2D eigenvalue weighted by molar-refractivity contribution is 7.18. The minimum atomic E-state index is -0.372. The number of nitrogens with zero attached hydrogens (tertiary/aromatic N) is 2. The Morgan fingerprint density at radius 3 is 2.30 bits per heavy atom. The normalized spacial score (nSPS) is 10.8. The molecule has 5 aromatic rings. The molecule has 0 aliphatic carbocycles. The number of hydrogen-bond donors (Lipinski definition) is 2. The van der Waals surface area contributed by atoms with Crippen LogP contribution in [0.5, 0.6) is 0 Å². The largest absolute Gasteiger partial charge is 0.321 e. The fourth-order valence-electron chi connectivity index (χ4n) is 3.49. The van der Waals surface area contributed by atoms with Gasteiger partial charge in [0.2, 0.25) is 0 Å². The van der Waals surface area contributed by atoms with Gasteiger partial charge in [-0.2, -0.15) is 5.10 Å². The van der Waals surface area contributed by atoms with Crippen LogP contribution in [0.1, 0.15) is 16.2 Å². The molecule has 0 aliphatic rings. The van der Waals surface area contributed by atoms with E-state index in [0.717, 1.165) is 32.4 Å². The van der Waals surface area contributed by atoms with Crippen LogP contribution in [-0.2, 0) is 0 Å². The van der Waals surface area contributed by atoms with Gasteiger partial charge in [0.05, 0.1) is 16.3 Å². The highest BCUT2D eigenvalue weighted by atomic mass is 32.1. The van der Waals surface area contributed by atoms with Gasteiger partial charge in [-0.25, -0.2) is 9.37 Å². The number of halogens is 1. The van der Waals surface area contributed by atoms with E-state index >= 15 is 0 Å². The van der Waals surface area contributed by atoms with Crippen molar-refractivity contribution in [2.45, 2.75) is 6.92 Å². The van der Waals surface area contributed by atoms with E-state index in [9.17, 15) is 9.18 Å². The molecule has 0 aliphatic heterocycles. The number of carbonyl (C=O) groups excluding carboxylic acids is 1.